The lowest BCUT2D eigenvalue weighted by Crippen LogP contribution is -2.57. The molecule has 2 aromatic carbocycles. The summed E-state index contributed by atoms with van der Waals surface area (Å²) in [5.41, 5.74) is 2.13. The van der Waals surface area contributed by atoms with Crippen LogP contribution in [-0.2, 0) is 20.9 Å². The molecule has 1 saturated carbocycles. The van der Waals surface area contributed by atoms with Crippen LogP contribution in [0.4, 0.5) is 0 Å². The van der Waals surface area contributed by atoms with Gasteiger partial charge in [-0.2, -0.15) is 0 Å². The van der Waals surface area contributed by atoms with Crippen molar-refractivity contribution < 1.29 is 14.3 Å². The molecule has 6 nitrogen and oxygen atoms in total. The molecule has 2 fully saturated rings. The van der Waals surface area contributed by atoms with Crippen LogP contribution in [-0.4, -0.2) is 60.4 Å². The number of fused-ring (bicyclic) bond motifs is 1. The van der Waals surface area contributed by atoms with Gasteiger partial charge in [-0.05, 0) is 55.6 Å². The number of hydrogen-bond donors (Lipinski definition) is 1. The fourth-order valence-corrected chi connectivity index (χ4v) is 5.10. The van der Waals surface area contributed by atoms with Crippen LogP contribution in [0.15, 0.2) is 64.8 Å². The van der Waals surface area contributed by atoms with Gasteiger partial charge in [0.2, 0.25) is 5.91 Å². The number of rotatable bonds is 8. The van der Waals surface area contributed by atoms with Crippen LogP contribution in [0.25, 0.3) is 6.08 Å². The molecule has 1 N–H and O–H groups in total. The largest absolute Gasteiger partial charge is 0.482 e. The maximum Gasteiger partial charge on any atom is 0.289 e. The summed E-state index contributed by atoms with van der Waals surface area (Å²) in [6.45, 7) is 2.15. The van der Waals surface area contributed by atoms with Crippen molar-refractivity contribution in [3.8, 4) is 0 Å². The van der Waals surface area contributed by atoms with Crippen LogP contribution in [0.2, 0.25) is 0 Å². The zero-order chi connectivity index (χ0) is 23.9. The number of nitrogens with one attached hydrogen (secondary N) is 1. The van der Waals surface area contributed by atoms with E-state index in [2.05, 4.69) is 38.3 Å². The molecule has 2 amide bonds. The standard InChI is InChI=1S/C27H32BrN3O3/c1-30(18-20-8-3-2-4-9-20)15-14-29-26(32)19-31-23-12-5-6-13-24(23)34-25(27(31)33)17-21-10-7-11-22(28)16-21/h2-4,7-11,16-17,23-24H,5-6,12-15,18-19H2,1H3,(H,29,32)/b25-17+. The summed E-state index contributed by atoms with van der Waals surface area (Å²) < 4.78 is 7.08. The van der Waals surface area contributed by atoms with Gasteiger partial charge in [0.15, 0.2) is 5.76 Å². The molecule has 2 aliphatic rings. The summed E-state index contributed by atoms with van der Waals surface area (Å²) in [5, 5.41) is 2.99. The minimum atomic E-state index is -0.209. The second-order valence-corrected chi connectivity index (χ2v) is 9.99. The van der Waals surface area contributed by atoms with Crippen molar-refractivity contribution in [3.63, 3.8) is 0 Å². The molecule has 1 aliphatic heterocycles. The monoisotopic (exact) mass is 525 g/mol. The SMILES string of the molecule is CN(CCNC(=O)CN1C(=O)/C(=C\c2cccc(Br)c2)OC2CCCCC21)Cc1ccccc1. The third-order valence-electron chi connectivity index (χ3n) is 6.39. The number of carbonyl (C=O) groups is 2. The number of morpholine rings is 1. The Balaban J connectivity index is 1.36. The molecule has 2 unspecified atom stereocenters. The van der Waals surface area contributed by atoms with Crippen molar-refractivity contribution in [3.05, 3.63) is 76.0 Å². The minimum Gasteiger partial charge on any atom is -0.482 e. The maximum atomic E-state index is 13.3. The smallest absolute Gasteiger partial charge is 0.289 e. The van der Waals surface area contributed by atoms with Gasteiger partial charge in [-0.15, -0.1) is 0 Å². The molecular formula is C27H32BrN3O3. The van der Waals surface area contributed by atoms with Gasteiger partial charge in [-0.3, -0.25) is 9.59 Å². The molecule has 0 spiro atoms. The molecule has 7 heteroatoms. The normalized spacial score (nSPS) is 21.3. The molecular weight excluding hydrogens is 494 g/mol. The van der Waals surface area contributed by atoms with Gasteiger partial charge in [0.1, 0.15) is 12.6 Å². The molecule has 34 heavy (non-hydrogen) atoms. The van der Waals surface area contributed by atoms with E-state index in [1.165, 1.54) is 5.56 Å². The number of nitrogens with zero attached hydrogens (tertiary/aromatic N) is 2. The molecule has 1 aliphatic carbocycles. The Morgan fingerprint density at radius 1 is 1.18 bits per heavy atom. The first-order valence-corrected chi connectivity index (χ1v) is 12.7. The van der Waals surface area contributed by atoms with E-state index in [-0.39, 0.29) is 30.5 Å². The molecule has 4 rings (SSSR count). The minimum absolute atomic E-state index is 0.0487. The number of carbonyl (C=O) groups excluding carboxylic acids is 2. The number of benzene rings is 2. The average molecular weight is 526 g/mol. The Labute approximate surface area is 210 Å². The first-order chi connectivity index (χ1) is 16.5. The lowest BCUT2D eigenvalue weighted by atomic mass is 9.89. The van der Waals surface area contributed by atoms with E-state index in [0.717, 1.165) is 48.8 Å². The van der Waals surface area contributed by atoms with Crippen molar-refractivity contribution in [2.45, 2.75) is 44.4 Å². The third-order valence-corrected chi connectivity index (χ3v) is 6.88. The molecule has 0 aromatic heterocycles. The lowest BCUT2D eigenvalue weighted by molar-refractivity contribution is -0.151. The van der Waals surface area contributed by atoms with Crippen LogP contribution in [0, 0.1) is 0 Å². The second kappa shape index (κ2) is 11.7. The Hall–Kier alpha value is -2.64. The molecule has 180 valence electrons. The van der Waals surface area contributed by atoms with Gasteiger partial charge in [-0.1, -0.05) is 64.8 Å². The Morgan fingerprint density at radius 2 is 1.97 bits per heavy atom. The zero-order valence-corrected chi connectivity index (χ0v) is 21.2. The predicted octanol–water partition coefficient (Wildman–Crippen LogP) is 4.21. The summed E-state index contributed by atoms with van der Waals surface area (Å²) in [4.78, 5) is 30.0. The number of ether oxygens (including phenoxy) is 1. The quantitative estimate of drug-likeness (QED) is 0.524. The van der Waals surface area contributed by atoms with Crippen molar-refractivity contribution in [1.29, 1.82) is 0 Å². The van der Waals surface area contributed by atoms with E-state index in [9.17, 15) is 9.59 Å². The summed E-state index contributed by atoms with van der Waals surface area (Å²) in [6, 6.07) is 18.0. The average Bonchev–Trinajstić information content (AvgIpc) is 2.82. The summed E-state index contributed by atoms with van der Waals surface area (Å²) in [7, 11) is 2.04. The highest BCUT2D eigenvalue weighted by Crippen LogP contribution is 2.33. The van der Waals surface area contributed by atoms with Crippen LogP contribution >= 0.6 is 15.9 Å². The van der Waals surface area contributed by atoms with E-state index >= 15 is 0 Å². The maximum absolute atomic E-state index is 13.3. The fraction of sp³-hybridized carbons (Fsp3) is 0.407. The fourth-order valence-electron chi connectivity index (χ4n) is 4.68. The summed E-state index contributed by atoms with van der Waals surface area (Å²) >= 11 is 3.47. The Kier molecular flexibility index (Phi) is 8.40. The molecule has 2 atom stereocenters. The molecule has 0 radical (unpaired) electrons. The van der Waals surface area contributed by atoms with Crippen molar-refractivity contribution in [1.82, 2.24) is 15.1 Å². The first kappa shape index (κ1) is 24.5. The highest BCUT2D eigenvalue weighted by atomic mass is 79.9. The first-order valence-electron chi connectivity index (χ1n) is 11.9. The Morgan fingerprint density at radius 3 is 2.76 bits per heavy atom. The topological polar surface area (TPSA) is 61.9 Å². The van der Waals surface area contributed by atoms with E-state index in [1.807, 2.05) is 49.5 Å². The van der Waals surface area contributed by atoms with Crippen molar-refractivity contribution in [2.75, 3.05) is 26.7 Å². The molecule has 0 bridgehead atoms. The molecule has 1 heterocycles. The van der Waals surface area contributed by atoms with Gasteiger partial charge in [0.25, 0.3) is 5.91 Å². The van der Waals surface area contributed by atoms with Crippen molar-refractivity contribution >= 4 is 33.8 Å². The van der Waals surface area contributed by atoms with Gasteiger partial charge in [-0.25, -0.2) is 0 Å². The third kappa shape index (κ3) is 6.48. The number of amides is 2. The number of hydrogen-bond acceptors (Lipinski definition) is 4. The highest BCUT2D eigenvalue weighted by Gasteiger charge is 2.42. The van der Waals surface area contributed by atoms with Crippen molar-refractivity contribution in [2.24, 2.45) is 0 Å². The van der Waals surface area contributed by atoms with E-state index in [4.69, 9.17) is 4.74 Å². The lowest BCUT2D eigenvalue weighted by Gasteiger charge is -2.44. The predicted molar refractivity (Wildman–Crippen MR) is 137 cm³/mol. The van der Waals surface area contributed by atoms with Gasteiger partial charge < -0.3 is 19.9 Å². The van der Waals surface area contributed by atoms with Crippen LogP contribution in [0.5, 0.6) is 0 Å². The summed E-state index contributed by atoms with van der Waals surface area (Å²) in [6.07, 6.45) is 5.61. The number of likely N-dealkylation sites (N-methyl/N-ethyl adjacent to an activating group) is 1. The molecule has 2 aromatic rings. The van der Waals surface area contributed by atoms with Gasteiger partial charge in [0, 0.05) is 24.1 Å². The number of halogens is 1. The van der Waals surface area contributed by atoms with Crippen LogP contribution in [0.1, 0.15) is 36.8 Å². The Bertz CT molecular complexity index is 1030. The molecule has 1 saturated heterocycles. The highest BCUT2D eigenvalue weighted by molar-refractivity contribution is 9.10. The van der Waals surface area contributed by atoms with E-state index in [1.54, 1.807) is 11.0 Å². The van der Waals surface area contributed by atoms with Gasteiger partial charge >= 0.3 is 0 Å². The van der Waals surface area contributed by atoms with Gasteiger partial charge in [0.05, 0.1) is 6.04 Å². The summed E-state index contributed by atoms with van der Waals surface area (Å²) in [5.74, 6) is -0.0226. The van der Waals surface area contributed by atoms with Crippen LogP contribution < -0.4 is 5.32 Å². The van der Waals surface area contributed by atoms with Crippen LogP contribution in [0.3, 0.4) is 0 Å². The second-order valence-electron chi connectivity index (χ2n) is 9.08. The van der Waals surface area contributed by atoms with E-state index in [0.29, 0.717) is 12.3 Å². The van der Waals surface area contributed by atoms with E-state index < -0.39 is 0 Å². The zero-order valence-electron chi connectivity index (χ0n) is 19.6.